The fourth-order valence-electron chi connectivity index (χ4n) is 3.17. The highest BCUT2D eigenvalue weighted by Gasteiger charge is 2.23. The monoisotopic (exact) mass is 389 g/mol. The van der Waals surface area contributed by atoms with Crippen LogP contribution in [0, 0.1) is 0 Å². The highest BCUT2D eigenvalue weighted by molar-refractivity contribution is 7.09. The van der Waals surface area contributed by atoms with Crippen molar-refractivity contribution in [3.63, 3.8) is 0 Å². The average Bonchev–Trinajstić information content (AvgIpc) is 3.15. The molecule has 2 heterocycles. The van der Waals surface area contributed by atoms with Gasteiger partial charge in [0.25, 0.3) is 0 Å². The molecular formula is C20H24ClN3OS. The summed E-state index contributed by atoms with van der Waals surface area (Å²) >= 11 is 7.80. The molecule has 1 aromatic heterocycles. The number of anilines is 1. The zero-order valence-electron chi connectivity index (χ0n) is 14.8. The van der Waals surface area contributed by atoms with E-state index in [9.17, 15) is 4.79 Å². The van der Waals surface area contributed by atoms with Crippen molar-refractivity contribution in [2.24, 2.45) is 0 Å². The Bertz CT molecular complexity index is 726. The van der Waals surface area contributed by atoms with Gasteiger partial charge in [0.1, 0.15) is 0 Å². The van der Waals surface area contributed by atoms with Gasteiger partial charge in [-0.15, -0.1) is 17.9 Å². The molecule has 1 aromatic carbocycles. The van der Waals surface area contributed by atoms with E-state index in [-0.39, 0.29) is 5.91 Å². The van der Waals surface area contributed by atoms with E-state index in [1.165, 1.54) is 4.88 Å². The number of carbonyl (C=O) groups is 1. The third-order valence-corrected chi connectivity index (χ3v) is 5.61. The van der Waals surface area contributed by atoms with Crippen LogP contribution in [0.2, 0.25) is 5.02 Å². The van der Waals surface area contributed by atoms with E-state index >= 15 is 0 Å². The van der Waals surface area contributed by atoms with Crippen molar-refractivity contribution in [1.29, 1.82) is 0 Å². The molecule has 26 heavy (non-hydrogen) atoms. The molecule has 2 aromatic rings. The molecule has 6 heteroatoms. The van der Waals surface area contributed by atoms with Crippen LogP contribution in [0.15, 0.2) is 54.4 Å². The molecule has 1 aliphatic heterocycles. The summed E-state index contributed by atoms with van der Waals surface area (Å²) in [5.74, 6) is 0.189. The molecule has 4 nitrogen and oxygen atoms in total. The Morgan fingerprint density at radius 2 is 2.04 bits per heavy atom. The van der Waals surface area contributed by atoms with Gasteiger partial charge in [-0.2, -0.15) is 0 Å². The van der Waals surface area contributed by atoms with Crippen LogP contribution in [0.25, 0.3) is 0 Å². The Kier molecular flexibility index (Phi) is 6.72. The summed E-state index contributed by atoms with van der Waals surface area (Å²) in [7, 11) is 0. The second-order valence-electron chi connectivity index (χ2n) is 6.39. The van der Waals surface area contributed by atoms with Crippen molar-refractivity contribution in [3.8, 4) is 0 Å². The molecule has 1 amide bonds. The van der Waals surface area contributed by atoms with E-state index in [1.54, 1.807) is 11.3 Å². The van der Waals surface area contributed by atoms with Crippen molar-refractivity contribution < 1.29 is 4.79 Å². The summed E-state index contributed by atoms with van der Waals surface area (Å²) in [5, 5.41) is 2.81. The number of hydrogen-bond donors (Lipinski definition) is 0. The van der Waals surface area contributed by atoms with Gasteiger partial charge in [0.15, 0.2) is 0 Å². The van der Waals surface area contributed by atoms with Crippen molar-refractivity contribution in [2.45, 2.75) is 6.54 Å². The first-order chi connectivity index (χ1) is 12.7. The van der Waals surface area contributed by atoms with Gasteiger partial charge >= 0.3 is 0 Å². The normalized spacial score (nSPS) is 14.7. The van der Waals surface area contributed by atoms with E-state index in [4.69, 9.17) is 11.6 Å². The standard InChI is InChI=1S/C20H24ClN3OS/c1-2-8-22(15-19-7-4-13-26-19)16-20(25)24-11-9-23(10-12-24)18-6-3-5-17(21)14-18/h2-7,13-14H,1,8-12,15-16H2. The number of hydrogen-bond acceptors (Lipinski definition) is 4. The first kappa shape index (κ1) is 19.0. The zero-order chi connectivity index (χ0) is 18.4. The first-order valence-corrected chi connectivity index (χ1v) is 10.1. The number of thiophene rings is 1. The van der Waals surface area contributed by atoms with Gasteiger partial charge in [0, 0.05) is 54.9 Å². The van der Waals surface area contributed by atoms with Crippen LogP contribution in [0.5, 0.6) is 0 Å². The minimum absolute atomic E-state index is 0.189. The molecule has 0 N–H and O–H groups in total. The number of piperazine rings is 1. The molecule has 0 radical (unpaired) electrons. The lowest BCUT2D eigenvalue weighted by Gasteiger charge is -2.37. The van der Waals surface area contributed by atoms with Crippen LogP contribution >= 0.6 is 22.9 Å². The number of nitrogens with zero attached hydrogens (tertiary/aromatic N) is 3. The summed E-state index contributed by atoms with van der Waals surface area (Å²) < 4.78 is 0. The van der Waals surface area contributed by atoms with Crippen molar-refractivity contribution in [2.75, 3.05) is 44.2 Å². The number of benzene rings is 1. The van der Waals surface area contributed by atoms with Crippen LogP contribution in [0.3, 0.4) is 0 Å². The van der Waals surface area contributed by atoms with Gasteiger partial charge < -0.3 is 9.80 Å². The Balaban J connectivity index is 1.53. The van der Waals surface area contributed by atoms with Gasteiger partial charge in [-0.25, -0.2) is 0 Å². The van der Waals surface area contributed by atoms with Gasteiger partial charge in [-0.05, 0) is 29.6 Å². The smallest absolute Gasteiger partial charge is 0.236 e. The SMILES string of the molecule is C=CCN(CC(=O)N1CCN(c2cccc(Cl)c2)CC1)Cc1cccs1. The predicted molar refractivity (Wildman–Crippen MR) is 110 cm³/mol. The maximum Gasteiger partial charge on any atom is 0.236 e. The molecule has 0 unspecified atom stereocenters. The van der Waals surface area contributed by atoms with E-state index < -0.39 is 0 Å². The largest absolute Gasteiger partial charge is 0.368 e. The van der Waals surface area contributed by atoms with E-state index in [0.717, 1.165) is 43.4 Å². The third-order valence-electron chi connectivity index (χ3n) is 4.51. The average molecular weight is 390 g/mol. The number of halogens is 1. The second-order valence-corrected chi connectivity index (χ2v) is 7.85. The van der Waals surface area contributed by atoms with Crippen molar-refractivity contribution >= 4 is 34.5 Å². The first-order valence-electron chi connectivity index (χ1n) is 8.79. The minimum Gasteiger partial charge on any atom is -0.368 e. The molecule has 0 atom stereocenters. The molecule has 138 valence electrons. The summed E-state index contributed by atoms with van der Waals surface area (Å²) in [4.78, 5) is 20.4. The van der Waals surface area contributed by atoms with Gasteiger partial charge in [-0.1, -0.05) is 29.8 Å². The summed E-state index contributed by atoms with van der Waals surface area (Å²) in [6, 6.07) is 12.0. The number of amides is 1. The molecule has 0 aliphatic carbocycles. The van der Waals surface area contributed by atoms with E-state index in [1.807, 2.05) is 35.2 Å². The maximum absolute atomic E-state index is 12.7. The van der Waals surface area contributed by atoms with Crippen LogP contribution < -0.4 is 4.90 Å². The summed E-state index contributed by atoms with van der Waals surface area (Å²) in [6.45, 7) is 8.90. The second kappa shape index (κ2) is 9.21. The third kappa shape index (κ3) is 5.10. The number of rotatable bonds is 7. The van der Waals surface area contributed by atoms with Gasteiger partial charge in [-0.3, -0.25) is 9.69 Å². The highest BCUT2D eigenvalue weighted by atomic mass is 35.5. The van der Waals surface area contributed by atoms with Gasteiger partial charge in [0.05, 0.1) is 6.54 Å². The molecule has 0 saturated carbocycles. The molecule has 1 saturated heterocycles. The lowest BCUT2D eigenvalue weighted by molar-refractivity contribution is -0.132. The number of carbonyl (C=O) groups excluding carboxylic acids is 1. The predicted octanol–water partition coefficient (Wildman–Crippen LogP) is 3.74. The quantitative estimate of drug-likeness (QED) is 0.675. The van der Waals surface area contributed by atoms with Crippen molar-refractivity contribution in [1.82, 2.24) is 9.80 Å². The molecule has 0 bridgehead atoms. The van der Waals surface area contributed by atoms with Crippen LogP contribution in [0.1, 0.15) is 4.88 Å². The Hall–Kier alpha value is -1.82. The van der Waals surface area contributed by atoms with Crippen LogP contribution in [-0.2, 0) is 11.3 Å². The van der Waals surface area contributed by atoms with Gasteiger partial charge in [0.2, 0.25) is 5.91 Å². The summed E-state index contributed by atoms with van der Waals surface area (Å²) in [6.07, 6.45) is 1.86. The topological polar surface area (TPSA) is 26.8 Å². The Morgan fingerprint density at radius 3 is 2.69 bits per heavy atom. The fraction of sp³-hybridized carbons (Fsp3) is 0.350. The molecule has 0 spiro atoms. The van der Waals surface area contributed by atoms with Crippen LogP contribution in [0.4, 0.5) is 5.69 Å². The highest BCUT2D eigenvalue weighted by Crippen LogP contribution is 2.21. The van der Waals surface area contributed by atoms with Crippen molar-refractivity contribution in [3.05, 3.63) is 64.3 Å². The molecule has 1 aliphatic rings. The molecule has 1 fully saturated rings. The van der Waals surface area contributed by atoms with E-state index in [2.05, 4.69) is 33.9 Å². The Labute approximate surface area is 164 Å². The minimum atomic E-state index is 0.189. The fourth-order valence-corrected chi connectivity index (χ4v) is 4.10. The zero-order valence-corrected chi connectivity index (χ0v) is 16.4. The Morgan fingerprint density at radius 1 is 1.23 bits per heavy atom. The van der Waals surface area contributed by atoms with Crippen LogP contribution in [-0.4, -0.2) is 55.0 Å². The lowest BCUT2D eigenvalue weighted by Crippen LogP contribution is -2.51. The van der Waals surface area contributed by atoms with E-state index in [0.29, 0.717) is 13.1 Å². The maximum atomic E-state index is 12.7. The molecule has 3 rings (SSSR count). The molecular weight excluding hydrogens is 366 g/mol. The lowest BCUT2D eigenvalue weighted by atomic mass is 10.2. The summed E-state index contributed by atoms with van der Waals surface area (Å²) in [5.41, 5.74) is 1.12.